The Kier molecular flexibility index (Phi) is 2.71. The molecule has 0 saturated heterocycles. The maximum Gasteiger partial charge on any atom is 0.169 e. The summed E-state index contributed by atoms with van der Waals surface area (Å²) in [4.78, 5) is 12.4. The van der Waals surface area contributed by atoms with Gasteiger partial charge in [-0.15, -0.1) is 0 Å². The van der Waals surface area contributed by atoms with Gasteiger partial charge in [0.05, 0.1) is 17.8 Å². The van der Waals surface area contributed by atoms with E-state index in [0.29, 0.717) is 12.1 Å². The van der Waals surface area contributed by atoms with E-state index in [2.05, 4.69) is 47.3 Å². The lowest BCUT2D eigenvalue weighted by molar-refractivity contribution is 0.305. The quantitative estimate of drug-likeness (QED) is 0.835. The molecule has 5 rings (SSSR count). The molecule has 0 bridgehead atoms. The van der Waals surface area contributed by atoms with Crippen LogP contribution in [0.5, 0.6) is 0 Å². The molecule has 1 aliphatic carbocycles. The number of nitrogens with zero attached hydrogens (tertiary/aromatic N) is 2. The molecular formula is C18H19N3S. The molecule has 3 heterocycles. The average molecular weight is 309 g/mol. The fourth-order valence-electron chi connectivity index (χ4n) is 4.17. The first kappa shape index (κ1) is 12.8. The molecule has 1 N–H and O–H groups in total. The van der Waals surface area contributed by atoms with Gasteiger partial charge in [-0.2, -0.15) is 0 Å². The Bertz CT molecular complexity index is 817. The summed E-state index contributed by atoms with van der Waals surface area (Å²) in [5.41, 5.74) is 3.93. The van der Waals surface area contributed by atoms with E-state index in [0.717, 1.165) is 0 Å². The molecular weight excluding hydrogens is 290 g/mol. The van der Waals surface area contributed by atoms with E-state index in [9.17, 15) is 0 Å². The Morgan fingerprint density at radius 3 is 3.05 bits per heavy atom. The predicted molar refractivity (Wildman–Crippen MR) is 93.8 cm³/mol. The summed E-state index contributed by atoms with van der Waals surface area (Å²) in [6.07, 6.45) is 7.37. The number of aliphatic imine (C=N–C) groups is 1. The maximum absolute atomic E-state index is 5.02. The lowest BCUT2D eigenvalue weighted by atomic mass is 9.90. The van der Waals surface area contributed by atoms with Gasteiger partial charge in [-0.3, -0.25) is 4.99 Å². The summed E-state index contributed by atoms with van der Waals surface area (Å²) in [5, 5.41) is 2.55. The smallest absolute Gasteiger partial charge is 0.169 e. The van der Waals surface area contributed by atoms with E-state index in [-0.39, 0.29) is 0 Å². The molecule has 0 amide bonds. The predicted octanol–water partition coefficient (Wildman–Crippen LogP) is 4.59. The highest BCUT2D eigenvalue weighted by molar-refractivity contribution is 8.17. The van der Waals surface area contributed by atoms with E-state index in [1.807, 2.05) is 11.8 Å². The van der Waals surface area contributed by atoms with Crippen LogP contribution in [0.3, 0.4) is 0 Å². The van der Waals surface area contributed by atoms with Crippen molar-refractivity contribution in [3.8, 4) is 0 Å². The van der Waals surface area contributed by atoms with Crippen molar-refractivity contribution in [3.63, 3.8) is 0 Å². The number of H-pyrrole nitrogens is 1. The van der Waals surface area contributed by atoms with Gasteiger partial charge in [-0.05, 0) is 25.8 Å². The molecule has 1 fully saturated rings. The number of nitrogens with one attached hydrogen (secondary N) is 1. The minimum Gasteiger partial charge on any atom is -0.360 e. The van der Waals surface area contributed by atoms with Crippen LogP contribution >= 0.6 is 11.8 Å². The number of hydrogen-bond acceptors (Lipinski definition) is 3. The number of amidine groups is 1. The van der Waals surface area contributed by atoms with Crippen LogP contribution < -0.4 is 0 Å². The second-order valence-corrected chi connectivity index (χ2v) is 7.64. The molecule has 2 atom stereocenters. The number of hydrogen-bond donors (Lipinski definition) is 1. The third-order valence-corrected chi connectivity index (χ3v) is 6.16. The van der Waals surface area contributed by atoms with Crippen molar-refractivity contribution in [2.45, 2.75) is 44.7 Å². The first-order chi connectivity index (χ1) is 10.8. The first-order valence-electron chi connectivity index (χ1n) is 8.15. The number of rotatable bonds is 1. The monoisotopic (exact) mass is 309 g/mol. The van der Waals surface area contributed by atoms with Crippen molar-refractivity contribution in [2.75, 3.05) is 0 Å². The largest absolute Gasteiger partial charge is 0.360 e. The molecule has 1 aromatic carbocycles. The number of thioether (sulfide) groups is 1. The van der Waals surface area contributed by atoms with Gasteiger partial charge in [-0.25, -0.2) is 0 Å². The van der Waals surface area contributed by atoms with Crippen molar-refractivity contribution >= 4 is 33.5 Å². The van der Waals surface area contributed by atoms with Crippen LogP contribution in [0.25, 0.3) is 16.6 Å². The number of fused-ring (bicyclic) bond motifs is 4. The topological polar surface area (TPSA) is 31.4 Å². The van der Waals surface area contributed by atoms with Gasteiger partial charge in [0.1, 0.15) is 0 Å². The summed E-state index contributed by atoms with van der Waals surface area (Å²) in [6, 6.07) is 9.68. The summed E-state index contributed by atoms with van der Waals surface area (Å²) in [5.74, 6) is 0. The molecule has 2 aromatic rings. The average Bonchev–Trinajstić information content (AvgIpc) is 3.18. The third-order valence-electron chi connectivity index (χ3n) is 5.17. The van der Waals surface area contributed by atoms with Gasteiger partial charge in [0, 0.05) is 27.6 Å². The second kappa shape index (κ2) is 4.66. The Balaban J connectivity index is 1.64. The Morgan fingerprint density at radius 2 is 2.09 bits per heavy atom. The highest BCUT2D eigenvalue weighted by Crippen LogP contribution is 2.48. The van der Waals surface area contributed by atoms with Crippen molar-refractivity contribution < 1.29 is 0 Å². The Labute approximate surface area is 134 Å². The number of allylic oxidation sites excluding steroid dienone is 1. The lowest BCUT2D eigenvalue weighted by Gasteiger charge is -2.32. The van der Waals surface area contributed by atoms with E-state index < -0.39 is 0 Å². The molecule has 0 radical (unpaired) electrons. The van der Waals surface area contributed by atoms with Crippen LogP contribution in [0, 0.1) is 0 Å². The fourth-order valence-corrected chi connectivity index (χ4v) is 5.26. The lowest BCUT2D eigenvalue weighted by Crippen LogP contribution is -2.38. The van der Waals surface area contributed by atoms with E-state index in [1.54, 1.807) is 0 Å². The Hall–Kier alpha value is -1.68. The summed E-state index contributed by atoms with van der Waals surface area (Å²) >= 11 is 1.86. The van der Waals surface area contributed by atoms with Crippen LogP contribution in [0.2, 0.25) is 0 Å². The standard InChI is InChI=1S/C18H19N3S/c1-11-17(13-10-19-14-7-3-2-6-12(13)14)21-16-9-5-4-8-15(16)20-18(21)22-11/h2-3,6-7,10,15-16,19H,4-5,8-9H2,1H3/t15-,16-/m0/s1. The van der Waals surface area contributed by atoms with Crippen LogP contribution in [0.4, 0.5) is 0 Å². The summed E-state index contributed by atoms with van der Waals surface area (Å²) < 4.78 is 0. The molecule has 3 aliphatic rings. The molecule has 0 unspecified atom stereocenters. The number of aromatic amines is 1. The van der Waals surface area contributed by atoms with Gasteiger partial charge in [-0.1, -0.05) is 42.8 Å². The molecule has 4 heteroatoms. The SMILES string of the molecule is CC1=C(c2c[nH]c3ccccc23)N2C(=N[C@H]3CCCC[C@@H]32)S1. The highest BCUT2D eigenvalue weighted by atomic mass is 32.2. The van der Waals surface area contributed by atoms with Gasteiger partial charge >= 0.3 is 0 Å². The zero-order valence-electron chi connectivity index (χ0n) is 12.7. The van der Waals surface area contributed by atoms with Crippen LogP contribution in [-0.4, -0.2) is 27.1 Å². The first-order valence-corrected chi connectivity index (χ1v) is 8.97. The Morgan fingerprint density at radius 1 is 1.23 bits per heavy atom. The minimum absolute atomic E-state index is 0.518. The molecule has 0 spiro atoms. The number of para-hydroxylation sites is 1. The van der Waals surface area contributed by atoms with Gasteiger partial charge in [0.15, 0.2) is 5.17 Å². The summed E-state index contributed by atoms with van der Waals surface area (Å²) in [7, 11) is 0. The van der Waals surface area contributed by atoms with Crippen LogP contribution in [0.15, 0.2) is 40.4 Å². The molecule has 112 valence electrons. The second-order valence-electron chi connectivity index (χ2n) is 6.46. The van der Waals surface area contributed by atoms with Crippen molar-refractivity contribution in [2.24, 2.45) is 4.99 Å². The van der Waals surface area contributed by atoms with E-state index >= 15 is 0 Å². The van der Waals surface area contributed by atoms with E-state index in [4.69, 9.17) is 4.99 Å². The van der Waals surface area contributed by atoms with Gasteiger partial charge < -0.3 is 9.88 Å². The maximum atomic E-state index is 5.02. The highest BCUT2D eigenvalue weighted by Gasteiger charge is 2.44. The third kappa shape index (κ3) is 1.67. The van der Waals surface area contributed by atoms with Gasteiger partial charge in [0.2, 0.25) is 0 Å². The zero-order chi connectivity index (χ0) is 14.7. The van der Waals surface area contributed by atoms with Crippen molar-refractivity contribution in [1.82, 2.24) is 9.88 Å². The summed E-state index contributed by atoms with van der Waals surface area (Å²) in [6.45, 7) is 2.24. The molecule has 3 nitrogen and oxygen atoms in total. The number of aromatic nitrogens is 1. The zero-order valence-corrected chi connectivity index (χ0v) is 13.5. The van der Waals surface area contributed by atoms with E-state index in [1.165, 1.54) is 57.9 Å². The normalized spacial score (nSPS) is 27.3. The van der Waals surface area contributed by atoms with Crippen molar-refractivity contribution in [1.29, 1.82) is 0 Å². The molecule has 22 heavy (non-hydrogen) atoms. The fraction of sp³-hybridized carbons (Fsp3) is 0.389. The molecule has 2 aliphatic heterocycles. The van der Waals surface area contributed by atoms with Crippen LogP contribution in [0.1, 0.15) is 38.2 Å². The van der Waals surface area contributed by atoms with Crippen LogP contribution in [-0.2, 0) is 0 Å². The van der Waals surface area contributed by atoms with Gasteiger partial charge in [0.25, 0.3) is 0 Å². The number of benzene rings is 1. The molecule has 1 aromatic heterocycles. The van der Waals surface area contributed by atoms with Crippen molar-refractivity contribution in [3.05, 3.63) is 40.9 Å². The minimum atomic E-state index is 0.518. The molecule has 1 saturated carbocycles.